The van der Waals surface area contributed by atoms with Gasteiger partial charge in [0.05, 0.1) is 30.3 Å². The third-order valence-corrected chi connectivity index (χ3v) is 8.35. The van der Waals surface area contributed by atoms with Gasteiger partial charge in [-0.3, -0.25) is 19.2 Å². The molecule has 5 unspecified atom stereocenters. The van der Waals surface area contributed by atoms with Gasteiger partial charge in [0.25, 0.3) is 0 Å². The van der Waals surface area contributed by atoms with Gasteiger partial charge < -0.3 is 48.1 Å². The number of thioether (sulfide) groups is 1. The highest BCUT2D eigenvalue weighted by Crippen LogP contribution is 2.49. The van der Waals surface area contributed by atoms with Crippen LogP contribution in [0, 0.1) is 0 Å². The lowest BCUT2D eigenvalue weighted by Gasteiger charge is -2.51. The van der Waals surface area contributed by atoms with Crippen LogP contribution in [-0.4, -0.2) is 115 Å². The number of nitrogens with zero attached hydrogens (tertiary/aromatic N) is 3. The molecule has 0 aliphatic carbocycles. The van der Waals surface area contributed by atoms with Crippen LogP contribution in [0.2, 0.25) is 0 Å². The monoisotopic (exact) mass is 675 g/mol. The minimum Gasteiger partial charge on any atom is -0.463 e. The van der Waals surface area contributed by atoms with E-state index in [1.807, 2.05) is 0 Å². The Labute approximate surface area is 269 Å². The lowest BCUT2D eigenvalue weighted by molar-refractivity contribution is -0.323. The summed E-state index contributed by atoms with van der Waals surface area (Å²) in [6, 6.07) is 0. The molecule has 0 aromatic heterocycles. The third-order valence-electron chi connectivity index (χ3n) is 7.06. The van der Waals surface area contributed by atoms with Crippen molar-refractivity contribution in [3.63, 3.8) is 0 Å². The summed E-state index contributed by atoms with van der Waals surface area (Å²) in [5.41, 5.74) is 8.41. The van der Waals surface area contributed by atoms with Crippen LogP contribution >= 0.6 is 11.8 Å². The van der Waals surface area contributed by atoms with Crippen molar-refractivity contribution in [2.75, 3.05) is 32.1 Å². The molecule has 0 aromatic rings. The first-order valence-electron chi connectivity index (χ1n) is 14.8. The molecule has 1 spiro atoms. The van der Waals surface area contributed by atoms with E-state index in [1.54, 1.807) is 0 Å². The molecule has 17 nitrogen and oxygen atoms in total. The molecule has 3 aliphatic rings. The van der Waals surface area contributed by atoms with Crippen molar-refractivity contribution in [1.29, 1.82) is 0 Å². The largest absolute Gasteiger partial charge is 0.463 e. The Morgan fingerprint density at radius 1 is 1.04 bits per heavy atom. The molecule has 0 bridgehead atoms. The van der Waals surface area contributed by atoms with Gasteiger partial charge in [0.2, 0.25) is 5.79 Å². The van der Waals surface area contributed by atoms with Crippen LogP contribution in [-0.2, 0) is 57.1 Å². The van der Waals surface area contributed by atoms with Crippen molar-refractivity contribution in [1.82, 2.24) is 0 Å². The predicted molar refractivity (Wildman–Crippen MR) is 156 cm³/mol. The number of hydrogen-bond acceptors (Lipinski definition) is 16. The zero-order chi connectivity index (χ0) is 33.9. The summed E-state index contributed by atoms with van der Waals surface area (Å²) in [4.78, 5) is 51.1. The lowest BCUT2D eigenvalue weighted by atomic mass is 9.92. The Bertz CT molecular complexity index is 1180. The van der Waals surface area contributed by atoms with E-state index in [0.29, 0.717) is 17.9 Å². The molecular weight excluding hydrogens is 634 g/mol. The molecule has 3 heterocycles. The topological polar surface area (TPSA) is 231 Å². The zero-order valence-corrected chi connectivity index (χ0v) is 27.0. The Morgan fingerprint density at radius 3 is 2.37 bits per heavy atom. The highest BCUT2D eigenvalue weighted by atomic mass is 32.2. The van der Waals surface area contributed by atoms with E-state index in [4.69, 9.17) is 43.4 Å². The van der Waals surface area contributed by atoms with E-state index >= 15 is 0 Å². The number of azide groups is 1. The number of rotatable bonds is 15. The second-order valence-electron chi connectivity index (χ2n) is 10.9. The number of unbranched alkanes of at least 4 members (excludes halogenated alkanes) is 3. The van der Waals surface area contributed by atoms with E-state index in [-0.39, 0.29) is 31.1 Å². The molecule has 0 amide bonds. The first-order valence-corrected chi connectivity index (χ1v) is 15.8. The maximum Gasteiger partial charge on any atom is 0.303 e. The molecule has 46 heavy (non-hydrogen) atoms. The van der Waals surface area contributed by atoms with Crippen LogP contribution in [0.1, 0.15) is 59.8 Å². The minimum atomic E-state index is -1.64. The van der Waals surface area contributed by atoms with Crippen molar-refractivity contribution >= 4 is 35.6 Å². The quantitative estimate of drug-likeness (QED) is 0.0629. The number of hydrogen-bond donors (Lipinski definition) is 2. The highest BCUT2D eigenvalue weighted by molar-refractivity contribution is 8.03. The van der Waals surface area contributed by atoms with Crippen molar-refractivity contribution in [2.24, 2.45) is 5.11 Å². The van der Waals surface area contributed by atoms with Gasteiger partial charge in [-0.05, 0) is 18.4 Å². The van der Waals surface area contributed by atoms with Gasteiger partial charge in [-0.2, -0.15) is 0 Å². The molecular formula is C28H41N3O14S. The number of esters is 4. The van der Waals surface area contributed by atoms with Crippen LogP contribution < -0.4 is 0 Å². The smallest absolute Gasteiger partial charge is 0.303 e. The molecule has 0 radical (unpaired) electrons. The van der Waals surface area contributed by atoms with Gasteiger partial charge in [0, 0.05) is 39.2 Å². The van der Waals surface area contributed by atoms with Crippen LogP contribution in [0.4, 0.5) is 0 Å². The summed E-state index contributed by atoms with van der Waals surface area (Å²) in [7, 11) is 0. The first-order chi connectivity index (χ1) is 21.9. The third kappa shape index (κ3) is 10.4. The second kappa shape index (κ2) is 17.7. The molecule has 18 heteroatoms. The average molecular weight is 676 g/mol. The van der Waals surface area contributed by atoms with E-state index < -0.39 is 79.2 Å². The zero-order valence-electron chi connectivity index (χ0n) is 26.2. The van der Waals surface area contributed by atoms with Gasteiger partial charge in [0.1, 0.15) is 31.0 Å². The predicted octanol–water partition coefficient (Wildman–Crippen LogP) is 1.77. The Morgan fingerprint density at radius 2 is 1.74 bits per heavy atom. The van der Waals surface area contributed by atoms with Crippen molar-refractivity contribution < 1.29 is 67.3 Å². The number of aliphatic hydroxyl groups excluding tert-OH is 2. The minimum absolute atomic E-state index is 0.0368. The van der Waals surface area contributed by atoms with Crippen molar-refractivity contribution in [3.05, 3.63) is 21.1 Å². The summed E-state index contributed by atoms with van der Waals surface area (Å²) in [6.07, 6.45) is -5.84. The Kier molecular flexibility index (Phi) is 14.4. The summed E-state index contributed by atoms with van der Waals surface area (Å²) in [5.74, 6) is -4.24. The van der Waals surface area contributed by atoms with Crippen molar-refractivity contribution in [3.8, 4) is 0 Å². The summed E-state index contributed by atoms with van der Waals surface area (Å²) in [6.45, 7) is 4.28. The molecule has 2 N–H and O–H groups in total. The Hall–Kier alpha value is -3.12. The fourth-order valence-electron chi connectivity index (χ4n) is 5.22. The molecule has 0 saturated carbocycles. The van der Waals surface area contributed by atoms with Crippen LogP contribution in [0.5, 0.6) is 0 Å². The van der Waals surface area contributed by atoms with Gasteiger partial charge in [-0.25, -0.2) is 0 Å². The molecule has 8 atom stereocenters. The second-order valence-corrected chi connectivity index (χ2v) is 11.9. The molecule has 3 aliphatic heterocycles. The first kappa shape index (κ1) is 37.3. The molecule has 258 valence electrons. The van der Waals surface area contributed by atoms with E-state index in [0.717, 1.165) is 26.2 Å². The van der Waals surface area contributed by atoms with E-state index in [2.05, 4.69) is 10.0 Å². The molecule has 3 rings (SSSR count). The van der Waals surface area contributed by atoms with Gasteiger partial charge in [-0.15, -0.1) is 11.8 Å². The lowest BCUT2D eigenvalue weighted by Crippen LogP contribution is -2.64. The van der Waals surface area contributed by atoms with Crippen LogP contribution in [0.15, 0.2) is 15.8 Å². The summed E-state index contributed by atoms with van der Waals surface area (Å²) in [5, 5.41) is 24.0. The highest BCUT2D eigenvalue weighted by Gasteiger charge is 2.58. The number of aliphatic hydroxyl groups is 2. The average Bonchev–Trinajstić information content (AvgIpc) is 2.98. The Balaban J connectivity index is 1.94. The SMILES string of the molecule is CC(=O)OCC1OC(OCCCCCCN=[N+]=[N-])C2=C(O[C@]3(CS2)CC(OC(C)=O)C(OC(C)=O)[C@@H]([C@H](O)CO)O3)C1OC(C)=O. The molecule has 1 saturated heterocycles. The molecule has 1 fully saturated rings. The normalized spacial score (nSPS) is 29.4. The summed E-state index contributed by atoms with van der Waals surface area (Å²) >= 11 is 1.19. The van der Waals surface area contributed by atoms with Crippen LogP contribution in [0.3, 0.4) is 0 Å². The van der Waals surface area contributed by atoms with Gasteiger partial charge in [-0.1, -0.05) is 18.0 Å². The number of carbonyl (C=O) groups is 4. The fourth-order valence-corrected chi connectivity index (χ4v) is 6.40. The van der Waals surface area contributed by atoms with Crippen LogP contribution in [0.25, 0.3) is 10.4 Å². The van der Waals surface area contributed by atoms with Gasteiger partial charge in [0.15, 0.2) is 24.3 Å². The maximum absolute atomic E-state index is 12.2. The standard InChI is InChI=1S/C28H41N3O14S/c1-15(33)39-13-21-24(42-18(4)36)25-26(27(43-21)38-10-8-6-5-7-9-30-31-29)46-14-28(45-25)11-20(40-16(2)34)23(41-17(3)35)22(44-28)19(37)12-32/h19-24,27,32,37H,5-14H2,1-4H3/t19-,20?,21?,22-,23?,24?,27?,28+/m1/s1. The number of ether oxygens (including phenoxy) is 8. The summed E-state index contributed by atoms with van der Waals surface area (Å²) < 4.78 is 46.5. The van der Waals surface area contributed by atoms with Gasteiger partial charge >= 0.3 is 23.9 Å². The van der Waals surface area contributed by atoms with E-state index in [1.165, 1.54) is 32.5 Å². The van der Waals surface area contributed by atoms with Crippen molar-refractivity contribution in [2.45, 2.75) is 108 Å². The van der Waals surface area contributed by atoms with E-state index in [9.17, 15) is 29.4 Å². The molecule has 0 aromatic carbocycles. The fraction of sp³-hybridized carbons (Fsp3) is 0.786. The maximum atomic E-state index is 12.2. The number of carbonyl (C=O) groups excluding carboxylic acids is 4.